The monoisotopic (exact) mass is 217 g/mol. The number of hydrogen-bond acceptors (Lipinski definition) is 3. The second kappa shape index (κ2) is 4.14. The minimum atomic E-state index is -0.888. The van der Waals surface area contributed by atoms with Crippen LogP contribution in [0.4, 0.5) is 0 Å². The van der Waals surface area contributed by atoms with Gasteiger partial charge in [-0.15, -0.1) is 0 Å². The first-order valence-corrected chi connectivity index (χ1v) is 4.82. The molecule has 0 atom stereocenters. The molecule has 2 heterocycles. The Labute approximate surface area is 92.4 Å². The van der Waals surface area contributed by atoms with Crippen LogP contribution >= 0.6 is 0 Å². The number of carboxylic acid groups (broad SMARTS) is 1. The van der Waals surface area contributed by atoms with Gasteiger partial charge in [0.05, 0.1) is 5.69 Å². The lowest BCUT2D eigenvalue weighted by atomic mass is 10.3. The third-order valence-corrected chi connectivity index (χ3v) is 2.21. The van der Waals surface area contributed by atoms with Gasteiger partial charge in [-0.05, 0) is 12.1 Å². The van der Waals surface area contributed by atoms with E-state index in [1.807, 2.05) is 18.2 Å². The highest BCUT2D eigenvalue weighted by Gasteiger charge is 2.10. The van der Waals surface area contributed by atoms with Crippen LogP contribution in [0.1, 0.15) is 5.82 Å². The molecule has 2 aromatic heterocycles. The van der Waals surface area contributed by atoms with E-state index >= 15 is 0 Å². The Balaban J connectivity index is 2.34. The molecular weight excluding hydrogens is 206 g/mol. The molecule has 82 valence electrons. The van der Waals surface area contributed by atoms with E-state index < -0.39 is 5.97 Å². The van der Waals surface area contributed by atoms with E-state index in [1.165, 1.54) is 0 Å². The predicted molar refractivity (Wildman–Crippen MR) is 57.8 cm³/mol. The van der Waals surface area contributed by atoms with E-state index in [2.05, 4.69) is 9.97 Å². The molecule has 0 saturated heterocycles. The van der Waals surface area contributed by atoms with Crippen molar-refractivity contribution in [3.8, 4) is 11.4 Å². The van der Waals surface area contributed by atoms with Crippen LogP contribution in [-0.4, -0.2) is 25.6 Å². The number of imidazole rings is 1. The van der Waals surface area contributed by atoms with Crippen LogP contribution in [0.5, 0.6) is 0 Å². The lowest BCUT2D eigenvalue weighted by Crippen LogP contribution is -2.05. The average Bonchev–Trinajstić information content (AvgIpc) is 2.61. The van der Waals surface area contributed by atoms with E-state index in [4.69, 9.17) is 5.11 Å². The standard InChI is InChI=1S/C11H11N3O2/c1-14-7-9(8-4-2-3-5-12-8)13-10(14)6-11(15)16/h2-5,7H,6H2,1H3,(H,15,16). The van der Waals surface area contributed by atoms with Crippen LogP contribution < -0.4 is 0 Å². The molecule has 5 heteroatoms. The highest BCUT2D eigenvalue weighted by atomic mass is 16.4. The quantitative estimate of drug-likeness (QED) is 0.836. The summed E-state index contributed by atoms with van der Waals surface area (Å²) in [5.74, 6) is -0.366. The van der Waals surface area contributed by atoms with Crippen LogP contribution in [0.15, 0.2) is 30.6 Å². The van der Waals surface area contributed by atoms with Crippen molar-refractivity contribution in [2.45, 2.75) is 6.42 Å². The van der Waals surface area contributed by atoms with Gasteiger partial charge in [0.2, 0.25) is 0 Å². The zero-order chi connectivity index (χ0) is 11.5. The molecule has 0 saturated carbocycles. The molecule has 16 heavy (non-hydrogen) atoms. The van der Waals surface area contributed by atoms with E-state index in [1.54, 1.807) is 24.0 Å². The molecule has 2 rings (SSSR count). The molecular formula is C11H11N3O2. The SMILES string of the molecule is Cn1cc(-c2ccccn2)nc1CC(=O)O. The lowest BCUT2D eigenvalue weighted by molar-refractivity contribution is -0.136. The van der Waals surface area contributed by atoms with E-state index in [0.29, 0.717) is 11.5 Å². The number of nitrogens with zero attached hydrogens (tertiary/aromatic N) is 3. The minimum Gasteiger partial charge on any atom is -0.481 e. The van der Waals surface area contributed by atoms with Gasteiger partial charge >= 0.3 is 5.97 Å². The minimum absolute atomic E-state index is 0.0800. The maximum absolute atomic E-state index is 10.6. The van der Waals surface area contributed by atoms with Gasteiger partial charge in [0.15, 0.2) is 0 Å². The fourth-order valence-electron chi connectivity index (χ4n) is 1.44. The summed E-state index contributed by atoms with van der Waals surface area (Å²) >= 11 is 0. The van der Waals surface area contributed by atoms with Gasteiger partial charge in [-0.25, -0.2) is 4.98 Å². The van der Waals surface area contributed by atoms with Crippen molar-refractivity contribution in [3.63, 3.8) is 0 Å². The van der Waals surface area contributed by atoms with Crippen molar-refractivity contribution >= 4 is 5.97 Å². The zero-order valence-electron chi connectivity index (χ0n) is 8.79. The van der Waals surface area contributed by atoms with Crippen molar-refractivity contribution in [2.75, 3.05) is 0 Å². The highest BCUT2D eigenvalue weighted by molar-refractivity contribution is 5.69. The molecule has 2 aromatic rings. The van der Waals surface area contributed by atoms with Crippen molar-refractivity contribution in [1.82, 2.24) is 14.5 Å². The highest BCUT2D eigenvalue weighted by Crippen LogP contribution is 2.15. The summed E-state index contributed by atoms with van der Waals surface area (Å²) in [6, 6.07) is 5.53. The van der Waals surface area contributed by atoms with Crippen molar-refractivity contribution in [1.29, 1.82) is 0 Å². The average molecular weight is 217 g/mol. The number of hydrogen-bond donors (Lipinski definition) is 1. The summed E-state index contributed by atoms with van der Waals surface area (Å²) in [5, 5.41) is 8.70. The third kappa shape index (κ3) is 2.08. The fourth-order valence-corrected chi connectivity index (χ4v) is 1.44. The van der Waals surface area contributed by atoms with Gasteiger partial charge in [-0.2, -0.15) is 0 Å². The number of aliphatic carboxylic acids is 1. The number of carbonyl (C=O) groups is 1. The Kier molecular flexibility index (Phi) is 2.68. The maximum atomic E-state index is 10.6. The van der Waals surface area contributed by atoms with Crippen LogP contribution in [0.3, 0.4) is 0 Å². The molecule has 0 radical (unpaired) electrons. The summed E-state index contributed by atoms with van der Waals surface area (Å²) in [7, 11) is 1.78. The molecule has 0 bridgehead atoms. The third-order valence-electron chi connectivity index (χ3n) is 2.21. The second-order valence-electron chi connectivity index (χ2n) is 3.44. The van der Waals surface area contributed by atoms with Crippen LogP contribution in [0.25, 0.3) is 11.4 Å². The number of pyridine rings is 1. The van der Waals surface area contributed by atoms with Gasteiger partial charge in [0.25, 0.3) is 0 Å². The van der Waals surface area contributed by atoms with Gasteiger partial charge in [-0.3, -0.25) is 9.78 Å². The summed E-state index contributed by atoms with van der Waals surface area (Å²) < 4.78 is 1.71. The summed E-state index contributed by atoms with van der Waals surface area (Å²) in [5.41, 5.74) is 1.44. The Morgan fingerprint density at radius 2 is 2.25 bits per heavy atom. The second-order valence-corrected chi connectivity index (χ2v) is 3.44. The number of carboxylic acids is 1. The first-order chi connectivity index (χ1) is 7.66. The predicted octanol–water partition coefficient (Wildman–Crippen LogP) is 1.11. The molecule has 0 fully saturated rings. The normalized spacial score (nSPS) is 10.3. The Hall–Kier alpha value is -2.17. The largest absolute Gasteiger partial charge is 0.481 e. The Morgan fingerprint density at radius 3 is 2.88 bits per heavy atom. The van der Waals surface area contributed by atoms with E-state index in [-0.39, 0.29) is 6.42 Å². The van der Waals surface area contributed by atoms with E-state index in [0.717, 1.165) is 5.69 Å². The molecule has 0 spiro atoms. The topological polar surface area (TPSA) is 68.0 Å². The van der Waals surface area contributed by atoms with Gasteiger partial charge in [0, 0.05) is 19.4 Å². The Morgan fingerprint density at radius 1 is 1.44 bits per heavy atom. The number of aromatic nitrogens is 3. The molecule has 0 unspecified atom stereocenters. The molecule has 0 aliphatic rings. The molecule has 1 N–H and O–H groups in total. The lowest BCUT2D eigenvalue weighted by Gasteiger charge is -1.94. The molecule has 0 amide bonds. The smallest absolute Gasteiger partial charge is 0.311 e. The fraction of sp³-hybridized carbons (Fsp3) is 0.182. The first-order valence-electron chi connectivity index (χ1n) is 4.82. The summed E-state index contributed by atoms with van der Waals surface area (Å²) in [6.45, 7) is 0. The van der Waals surface area contributed by atoms with Crippen LogP contribution in [0, 0.1) is 0 Å². The first kappa shape index (κ1) is 10.4. The molecule has 5 nitrogen and oxygen atoms in total. The van der Waals surface area contributed by atoms with Crippen molar-refractivity contribution in [2.24, 2.45) is 7.05 Å². The van der Waals surface area contributed by atoms with Gasteiger partial charge in [0.1, 0.15) is 17.9 Å². The van der Waals surface area contributed by atoms with Gasteiger partial charge in [-0.1, -0.05) is 6.07 Å². The molecule has 0 aromatic carbocycles. The zero-order valence-corrected chi connectivity index (χ0v) is 8.79. The summed E-state index contributed by atoms with van der Waals surface area (Å²) in [4.78, 5) is 19.0. The molecule has 0 aliphatic carbocycles. The maximum Gasteiger partial charge on any atom is 0.311 e. The van der Waals surface area contributed by atoms with E-state index in [9.17, 15) is 4.79 Å². The van der Waals surface area contributed by atoms with Crippen molar-refractivity contribution in [3.05, 3.63) is 36.4 Å². The molecule has 0 aliphatic heterocycles. The Bertz CT molecular complexity index is 505. The van der Waals surface area contributed by atoms with Crippen LogP contribution in [-0.2, 0) is 18.3 Å². The number of aryl methyl sites for hydroxylation is 1. The van der Waals surface area contributed by atoms with Crippen molar-refractivity contribution < 1.29 is 9.90 Å². The summed E-state index contributed by atoms with van der Waals surface area (Å²) in [6.07, 6.45) is 3.38. The number of rotatable bonds is 3. The van der Waals surface area contributed by atoms with Gasteiger partial charge < -0.3 is 9.67 Å². The van der Waals surface area contributed by atoms with Crippen LogP contribution in [0.2, 0.25) is 0 Å².